The molecular formula is C24H31F3NO6P. The van der Waals surface area contributed by atoms with Crippen LogP contribution >= 0.6 is 7.82 Å². The number of carbonyl (C=O) groups excluding carboxylic acids is 1. The zero-order valence-electron chi connectivity index (χ0n) is 20.1. The van der Waals surface area contributed by atoms with Crippen LogP contribution < -0.4 is 10.5 Å². The number of alkyl halides is 3. The average Bonchev–Trinajstić information content (AvgIpc) is 2.70. The third kappa shape index (κ3) is 6.36. The summed E-state index contributed by atoms with van der Waals surface area (Å²) in [4.78, 5) is 29.9. The van der Waals surface area contributed by atoms with Crippen LogP contribution in [0.2, 0.25) is 0 Å². The van der Waals surface area contributed by atoms with Crippen LogP contribution in [0.25, 0.3) is 10.8 Å². The highest BCUT2D eigenvalue weighted by atomic mass is 31.2. The van der Waals surface area contributed by atoms with Crippen molar-refractivity contribution in [2.24, 2.45) is 17.1 Å². The number of nitrogens with two attached hydrogens (primary N) is 1. The standard InChI is InChI=1S/C24H31F3NO6P/c1-22(2,3)15-6-9-17(10-7-15)33-19-12-5-14-13-16(8-11-18(14)20(19)24(25,26)27)23(4,28)21(29)34-35(30,31)32/h5,8,11-13,15,17H,6-7,9-10,28H2,1-4H3,(H2,30,31,32)/t15?,17?,23-/m1/s1. The first kappa shape index (κ1) is 27.5. The minimum absolute atomic E-state index is 0.0331. The van der Waals surface area contributed by atoms with Crippen molar-refractivity contribution in [3.8, 4) is 5.75 Å². The van der Waals surface area contributed by atoms with Gasteiger partial charge in [0, 0.05) is 0 Å². The topological polar surface area (TPSA) is 119 Å². The lowest BCUT2D eigenvalue weighted by Crippen LogP contribution is -2.42. The van der Waals surface area contributed by atoms with Crippen molar-refractivity contribution in [2.75, 3.05) is 0 Å². The molecule has 1 fully saturated rings. The van der Waals surface area contributed by atoms with Crippen LogP contribution in [0.3, 0.4) is 0 Å². The van der Waals surface area contributed by atoms with Crippen LogP contribution in [0.15, 0.2) is 30.3 Å². The molecule has 0 heterocycles. The van der Waals surface area contributed by atoms with Gasteiger partial charge < -0.3 is 15.0 Å². The van der Waals surface area contributed by atoms with Gasteiger partial charge in [0.15, 0.2) is 0 Å². The number of rotatable bonds is 5. The van der Waals surface area contributed by atoms with Crippen molar-refractivity contribution >= 4 is 24.6 Å². The summed E-state index contributed by atoms with van der Waals surface area (Å²) in [6, 6.07) is 6.34. The molecule has 7 nitrogen and oxygen atoms in total. The Morgan fingerprint density at radius 2 is 1.63 bits per heavy atom. The molecule has 1 saturated carbocycles. The number of ether oxygens (including phenoxy) is 1. The van der Waals surface area contributed by atoms with E-state index < -0.39 is 31.1 Å². The molecule has 0 amide bonds. The highest BCUT2D eigenvalue weighted by molar-refractivity contribution is 7.46. The van der Waals surface area contributed by atoms with E-state index in [0.717, 1.165) is 19.8 Å². The van der Waals surface area contributed by atoms with Crippen LogP contribution in [0.4, 0.5) is 13.2 Å². The summed E-state index contributed by atoms with van der Waals surface area (Å²) in [6.45, 7) is 7.64. The first-order valence-corrected chi connectivity index (χ1v) is 12.8. The van der Waals surface area contributed by atoms with Gasteiger partial charge in [-0.05, 0) is 72.4 Å². The number of halogens is 3. The molecule has 0 spiro atoms. The molecule has 194 valence electrons. The second kappa shape index (κ2) is 9.39. The molecule has 0 radical (unpaired) electrons. The lowest BCUT2D eigenvalue weighted by Gasteiger charge is -2.37. The molecule has 0 bridgehead atoms. The van der Waals surface area contributed by atoms with E-state index in [-0.39, 0.29) is 33.6 Å². The van der Waals surface area contributed by atoms with Crippen molar-refractivity contribution in [3.05, 3.63) is 41.5 Å². The molecule has 0 saturated heterocycles. The molecule has 0 unspecified atom stereocenters. The van der Waals surface area contributed by atoms with E-state index in [0.29, 0.717) is 18.8 Å². The van der Waals surface area contributed by atoms with Crippen molar-refractivity contribution in [2.45, 2.75) is 71.2 Å². The van der Waals surface area contributed by atoms with Gasteiger partial charge in [0.05, 0.1) is 6.10 Å². The predicted molar refractivity (Wildman–Crippen MR) is 124 cm³/mol. The normalized spacial score (nSPS) is 21.4. The Morgan fingerprint density at radius 3 is 2.14 bits per heavy atom. The van der Waals surface area contributed by atoms with E-state index >= 15 is 0 Å². The van der Waals surface area contributed by atoms with E-state index in [1.807, 2.05) is 0 Å². The highest BCUT2D eigenvalue weighted by Gasteiger charge is 2.40. The van der Waals surface area contributed by atoms with E-state index in [9.17, 15) is 22.5 Å². The van der Waals surface area contributed by atoms with E-state index in [4.69, 9.17) is 20.3 Å². The van der Waals surface area contributed by atoms with Crippen LogP contribution in [-0.4, -0.2) is 21.9 Å². The molecule has 3 rings (SSSR count). The predicted octanol–water partition coefficient (Wildman–Crippen LogP) is 5.65. The molecule has 4 N–H and O–H groups in total. The number of phosphoric acid groups is 1. The van der Waals surface area contributed by atoms with Crippen molar-refractivity contribution in [1.82, 2.24) is 0 Å². The molecule has 2 aromatic rings. The van der Waals surface area contributed by atoms with Gasteiger partial charge in [-0.1, -0.05) is 39.0 Å². The Kier molecular flexibility index (Phi) is 7.37. The van der Waals surface area contributed by atoms with Gasteiger partial charge in [-0.3, -0.25) is 9.79 Å². The second-order valence-corrected chi connectivity index (χ2v) is 11.6. The quantitative estimate of drug-likeness (QED) is 0.439. The number of phosphoric ester groups is 1. The van der Waals surface area contributed by atoms with Crippen LogP contribution in [0, 0.1) is 11.3 Å². The maximum atomic E-state index is 14.1. The summed E-state index contributed by atoms with van der Waals surface area (Å²) in [5.74, 6) is -1.18. The SMILES string of the molecule is CC(C)(C)C1CCC(Oc2ccc3cc([C@@](C)(N)C(=O)OP(=O)(O)O)ccc3c2C(F)(F)F)CC1. The van der Waals surface area contributed by atoms with Crippen LogP contribution in [0.1, 0.15) is 64.5 Å². The second-order valence-electron chi connectivity index (χ2n) is 10.4. The number of fused-ring (bicyclic) bond motifs is 1. The molecule has 35 heavy (non-hydrogen) atoms. The van der Waals surface area contributed by atoms with Gasteiger partial charge in [0.1, 0.15) is 16.9 Å². The zero-order valence-corrected chi connectivity index (χ0v) is 21.0. The minimum Gasteiger partial charge on any atom is -0.490 e. The summed E-state index contributed by atoms with van der Waals surface area (Å²) in [5, 5.41) is 0.000512. The Balaban J connectivity index is 1.94. The maximum absolute atomic E-state index is 14.1. The van der Waals surface area contributed by atoms with Gasteiger partial charge in [0.2, 0.25) is 0 Å². The fourth-order valence-electron chi connectivity index (χ4n) is 4.57. The molecule has 11 heteroatoms. The Hall–Kier alpha value is -2.13. The Labute approximate surface area is 202 Å². The fraction of sp³-hybridized carbons (Fsp3) is 0.542. The van der Waals surface area contributed by atoms with Crippen LogP contribution in [0.5, 0.6) is 5.75 Å². The molecule has 0 aromatic heterocycles. The van der Waals surface area contributed by atoms with Crippen LogP contribution in [-0.2, 0) is 25.6 Å². The van der Waals surface area contributed by atoms with E-state index in [2.05, 4.69) is 25.3 Å². The van der Waals surface area contributed by atoms with Crippen molar-refractivity contribution in [3.63, 3.8) is 0 Å². The number of hydrogen-bond acceptors (Lipinski definition) is 5. The number of carbonyl (C=O) groups is 1. The maximum Gasteiger partial charge on any atom is 0.527 e. The summed E-state index contributed by atoms with van der Waals surface area (Å²) in [6.07, 6.45) is -1.92. The number of hydrogen-bond donors (Lipinski definition) is 3. The molecule has 1 aliphatic carbocycles. The third-order valence-electron chi connectivity index (χ3n) is 6.68. The molecular weight excluding hydrogens is 486 g/mol. The molecule has 1 atom stereocenters. The Morgan fingerprint density at radius 1 is 1.03 bits per heavy atom. The summed E-state index contributed by atoms with van der Waals surface area (Å²) >= 11 is 0. The number of benzene rings is 2. The third-order valence-corrected chi connectivity index (χ3v) is 7.09. The average molecular weight is 517 g/mol. The molecule has 1 aliphatic rings. The molecule has 0 aliphatic heterocycles. The van der Waals surface area contributed by atoms with Gasteiger partial charge in [-0.2, -0.15) is 13.2 Å². The Bertz CT molecular complexity index is 1140. The van der Waals surface area contributed by atoms with Gasteiger partial charge >= 0.3 is 20.0 Å². The monoisotopic (exact) mass is 517 g/mol. The largest absolute Gasteiger partial charge is 0.527 e. The summed E-state index contributed by atoms with van der Waals surface area (Å²) < 4.78 is 63.4. The van der Waals surface area contributed by atoms with E-state index in [1.165, 1.54) is 30.3 Å². The minimum atomic E-state index is -5.15. The first-order valence-electron chi connectivity index (χ1n) is 11.3. The van der Waals surface area contributed by atoms with Crippen molar-refractivity contribution < 1.29 is 41.6 Å². The van der Waals surface area contributed by atoms with Crippen molar-refractivity contribution in [1.29, 1.82) is 0 Å². The fourth-order valence-corrected chi connectivity index (χ4v) is 4.98. The van der Waals surface area contributed by atoms with Gasteiger partial charge in [-0.15, -0.1) is 0 Å². The summed E-state index contributed by atoms with van der Waals surface area (Å²) in [5.41, 5.74) is 3.18. The highest BCUT2D eigenvalue weighted by Crippen LogP contribution is 2.45. The zero-order chi connectivity index (χ0) is 26.4. The lowest BCUT2D eigenvalue weighted by molar-refractivity contribution is -0.141. The van der Waals surface area contributed by atoms with Gasteiger partial charge in [-0.25, -0.2) is 9.36 Å². The van der Waals surface area contributed by atoms with Gasteiger partial charge in [0.25, 0.3) is 0 Å². The smallest absolute Gasteiger partial charge is 0.490 e. The first-order chi connectivity index (χ1) is 15.9. The molecule has 2 aromatic carbocycles. The van der Waals surface area contributed by atoms with E-state index in [1.54, 1.807) is 0 Å². The lowest BCUT2D eigenvalue weighted by atomic mass is 9.72. The summed E-state index contributed by atoms with van der Waals surface area (Å²) in [7, 11) is -5.15.